The van der Waals surface area contributed by atoms with E-state index in [4.69, 9.17) is 0 Å². The Morgan fingerprint density at radius 1 is 1.18 bits per heavy atom. The highest BCUT2D eigenvalue weighted by atomic mass is 16.6. The predicted octanol–water partition coefficient (Wildman–Crippen LogP) is 4.12. The molecule has 1 heterocycles. The fourth-order valence-corrected chi connectivity index (χ4v) is 4.01. The molecule has 7 nitrogen and oxygen atoms in total. The van der Waals surface area contributed by atoms with Crippen molar-refractivity contribution in [2.24, 2.45) is 0 Å². The van der Waals surface area contributed by atoms with Gasteiger partial charge in [-0.1, -0.05) is 24.3 Å². The van der Waals surface area contributed by atoms with Crippen molar-refractivity contribution in [3.63, 3.8) is 0 Å². The van der Waals surface area contributed by atoms with E-state index in [9.17, 15) is 19.7 Å². The van der Waals surface area contributed by atoms with Crippen LogP contribution in [0.25, 0.3) is 0 Å². The van der Waals surface area contributed by atoms with Crippen molar-refractivity contribution in [1.29, 1.82) is 0 Å². The van der Waals surface area contributed by atoms with Crippen LogP contribution in [0.1, 0.15) is 37.8 Å². The van der Waals surface area contributed by atoms with Crippen LogP contribution in [0.5, 0.6) is 0 Å². The van der Waals surface area contributed by atoms with Crippen LogP contribution >= 0.6 is 0 Å². The molecule has 1 N–H and O–H groups in total. The number of fused-ring (bicyclic) bond motifs is 1. The number of nitrogens with one attached hydrogen (secondary N) is 1. The molecule has 142 valence electrons. The number of nitro groups is 1. The molecule has 1 aliphatic heterocycles. The van der Waals surface area contributed by atoms with Gasteiger partial charge in [-0.25, -0.2) is 0 Å². The number of anilines is 2. The van der Waals surface area contributed by atoms with Gasteiger partial charge < -0.3 is 5.32 Å². The zero-order valence-corrected chi connectivity index (χ0v) is 15.3. The minimum Gasteiger partial charge on any atom is -0.357 e. The molecule has 0 aromatic heterocycles. The fraction of sp³-hybridized carbons (Fsp3) is 0.238. The van der Waals surface area contributed by atoms with Crippen LogP contribution in [-0.2, 0) is 9.59 Å². The number of allylic oxidation sites excluding steroid dienone is 1. The summed E-state index contributed by atoms with van der Waals surface area (Å²) >= 11 is 0. The SMILES string of the molecule is CC(=O)N1c2ccccc2NC2=C(C(=O)CCC2)C1c1cccc([N+](=O)[O-])c1. The first-order valence-corrected chi connectivity index (χ1v) is 9.14. The van der Waals surface area contributed by atoms with Gasteiger partial charge in [0, 0.05) is 36.7 Å². The van der Waals surface area contributed by atoms with Gasteiger partial charge in [-0.3, -0.25) is 24.6 Å². The minimum absolute atomic E-state index is 0.0377. The average Bonchev–Trinajstić information content (AvgIpc) is 2.83. The quantitative estimate of drug-likeness (QED) is 0.628. The molecule has 2 aromatic carbocycles. The standard InChI is InChI=1S/C21H19N3O4/c1-13(25)23-18-10-3-2-8-16(18)22-17-9-5-11-19(26)20(17)21(23)14-6-4-7-15(12-14)24(27)28/h2-4,6-8,10,12,21-22H,5,9,11H2,1H3. The fourth-order valence-electron chi connectivity index (χ4n) is 4.01. The minimum atomic E-state index is -0.712. The molecule has 0 spiro atoms. The molecule has 2 aliphatic rings. The lowest BCUT2D eigenvalue weighted by Gasteiger charge is -2.33. The maximum atomic E-state index is 12.9. The number of ketones is 1. The topological polar surface area (TPSA) is 92.6 Å². The largest absolute Gasteiger partial charge is 0.357 e. The molecule has 7 heteroatoms. The zero-order valence-electron chi connectivity index (χ0n) is 15.3. The maximum absolute atomic E-state index is 12.9. The molecule has 0 saturated heterocycles. The van der Waals surface area contributed by atoms with E-state index >= 15 is 0 Å². The first-order chi connectivity index (χ1) is 13.5. The van der Waals surface area contributed by atoms with E-state index in [1.807, 2.05) is 24.3 Å². The monoisotopic (exact) mass is 377 g/mol. The lowest BCUT2D eigenvalue weighted by molar-refractivity contribution is -0.384. The number of amides is 1. The molecule has 1 unspecified atom stereocenters. The van der Waals surface area contributed by atoms with Crippen molar-refractivity contribution in [3.8, 4) is 0 Å². The van der Waals surface area contributed by atoms with E-state index < -0.39 is 11.0 Å². The Morgan fingerprint density at radius 3 is 2.71 bits per heavy atom. The van der Waals surface area contributed by atoms with Crippen molar-refractivity contribution in [2.75, 3.05) is 10.2 Å². The number of para-hydroxylation sites is 2. The van der Waals surface area contributed by atoms with Gasteiger partial charge in [0.1, 0.15) is 0 Å². The van der Waals surface area contributed by atoms with Gasteiger partial charge in [-0.2, -0.15) is 0 Å². The van der Waals surface area contributed by atoms with Crippen LogP contribution in [0.15, 0.2) is 59.8 Å². The lowest BCUT2D eigenvalue weighted by atomic mass is 9.85. The van der Waals surface area contributed by atoms with Gasteiger partial charge >= 0.3 is 0 Å². The molecule has 28 heavy (non-hydrogen) atoms. The number of rotatable bonds is 2. The normalized spacial score (nSPS) is 18.7. The summed E-state index contributed by atoms with van der Waals surface area (Å²) in [6.07, 6.45) is 1.81. The van der Waals surface area contributed by atoms with Gasteiger partial charge in [-0.05, 0) is 30.5 Å². The molecule has 0 fully saturated rings. The van der Waals surface area contributed by atoms with Crippen molar-refractivity contribution in [1.82, 2.24) is 0 Å². The molecule has 1 aliphatic carbocycles. The first kappa shape index (κ1) is 17.9. The Bertz CT molecular complexity index is 1030. The van der Waals surface area contributed by atoms with Crippen molar-refractivity contribution < 1.29 is 14.5 Å². The van der Waals surface area contributed by atoms with Crippen LogP contribution in [-0.4, -0.2) is 16.6 Å². The molecule has 2 aromatic rings. The highest BCUT2D eigenvalue weighted by molar-refractivity contribution is 6.05. The van der Waals surface area contributed by atoms with E-state index in [-0.39, 0.29) is 17.4 Å². The predicted molar refractivity (Wildman–Crippen MR) is 105 cm³/mol. The summed E-state index contributed by atoms with van der Waals surface area (Å²) in [5, 5.41) is 14.6. The number of Topliss-reactive ketones (excluding diaryl/α,β-unsaturated/α-hetero) is 1. The number of nitrogens with zero attached hydrogens (tertiary/aromatic N) is 2. The third-order valence-electron chi connectivity index (χ3n) is 5.17. The lowest BCUT2D eigenvalue weighted by Crippen LogP contribution is -2.36. The molecule has 1 amide bonds. The van der Waals surface area contributed by atoms with Crippen molar-refractivity contribution >= 4 is 28.8 Å². The van der Waals surface area contributed by atoms with E-state index in [0.29, 0.717) is 29.7 Å². The number of carbonyl (C=O) groups excluding carboxylic acids is 2. The number of hydrogen-bond acceptors (Lipinski definition) is 5. The van der Waals surface area contributed by atoms with Crippen LogP contribution in [0, 0.1) is 10.1 Å². The van der Waals surface area contributed by atoms with E-state index in [0.717, 1.165) is 17.8 Å². The second kappa shape index (κ2) is 6.92. The summed E-state index contributed by atoms with van der Waals surface area (Å²) in [5.74, 6) is -0.276. The van der Waals surface area contributed by atoms with Gasteiger partial charge in [0.05, 0.1) is 22.3 Å². The Balaban J connectivity index is 2.00. The summed E-state index contributed by atoms with van der Waals surface area (Å²) in [6, 6.07) is 12.8. The maximum Gasteiger partial charge on any atom is 0.269 e. The van der Waals surface area contributed by atoms with E-state index in [1.54, 1.807) is 17.0 Å². The Morgan fingerprint density at radius 2 is 1.96 bits per heavy atom. The first-order valence-electron chi connectivity index (χ1n) is 9.14. The second-order valence-electron chi connectivity index (χ2n) is 6.95. The van der Waals surface area contributed by atoms with Gasteiger partial charge in [0.15, 0.2) is 5.78 Å². The Hall–Kier alpha value is -3.48. The van der Waals surface area contributed by atoms with E-state index in [1.165, 1.54) is 19.1 Å². The second-order valence-corrected chi connectivity index (χ2v) is 6.95. The van der Waals surface area contributed by atoms with Crippen LogP contribution in [0.2, 0.25) is 0 Å². The van der Waals surface area contributed by atoms with Gasteiger partial charge in [-0.15, -0.1) is 0 Å². The van der Waals surface area contributed by atoms with Gasteiger partial charge in [0.25, 0.3) is 5.69 Å². The smallest absolute Gasteiger partial charge is 0.269 e. The molecule has 1 atom stereocenters. The Kier molecular flexibility index (Phi) is 4.43. The zero-order chi connectivity index (χ0) is 19.8. The van der Waals surface area contributed by atoms with E-state index in [2.05, 4.69) is 5.32 Å². The molecular weight excluding hydrogens is 358 g/mol. The molecule has 0 bridgehead atoms. The molecule has 0 saturated carbocycles. The van der Waals surface area contributed by atoms with Crippen molar-refractivity contribution in [3.05, 3.63) is 75.5 Å². The highest BCUT2D eigenvalue weighted by Gasteiger charge is 2.38. The molecular formula is C21H19N3O4. The summed E-state index contributed by atoms with van der Waals surface area (Å²) in [5.41, 5.74) is 3.16. The van der Waals surface area contributed by atoms with Crippen LogP contribution < -0.4 is 10.2 Å². The van der Waals surface area contributed by atoms with Crippen LogP contribution in [0.4, 0.5) is 17.1 Å². The number of nitro benzene ring substituents is 1. The summed E-state index contributed by atoms with van der Waals surface area (Å²) in [4.78, 5) is 38.1. The summed E-state index contributed by atoms with van der Waals surface area (Å²) in [6.45, 7) is 1.44. The number of non-ortho nitro benzene ring substituents is 1. The summed E-state index contributed by atoms with van der Waals surface area (Å²) < 4.78 is 0. The number of carbonyl (C=O) groups is 2. The summed E-state index contributed by atoms with van der Waals surface area (Å²) in [7, 11) is 0. The molecule has 0 radical (unpaired) electrons. The molecule has 4 rings (SSSR count). The highest BCUT2D eigenvalue weighted by Crippen LogP contribution is 2.45. The van der Waals surface area contributed by atoms with Crippen LogP contribution in [0.3, 0.4) is 0 Å². The number of benzene rings is 2. The van der Waals surface area contributed by atoms with Gasteiger partial charge in [0.2, 0.25) is 5.91 Å². The third kappa shape index (κ3) is 2.94. The van der Waals surface area contributed by atoms with Crippen molar-refractivity contribution in [2.45, 2.75) is 32.2 Å². The Labute approximate surface area is 161 Å². The third-order valence-corrected chi connectivity index (χ3v) is 5.17. The average molecular weight is 377 g/mol. The number of hydrogen-bond donors (Lipinski definition) is 1.